The molecule has 1 fully saturated rings. The molecule has 232 valence electrons. The first kappa shape index (κ1) is 33.2. The molecule has 1 aliphatic heterocycles. The fraction of sp³-hybridized carbons (Fsp3) is 0.576. The van der Waals surface area contributed by atoms with Crippen LogP contribution in [-0.2, 0) is 15.9 Å². The van der Waals surface area contributed by atoms with Gasteiger partial charge in [-0.05, 0) is 56.9 Å². The SMILES string of the molecule is CCCN(CCc1ccccc1)C(=O)OC[C@@H]1CNCC(N(C(=O)c2ccc(OC)c(OCCCOC)c2)C(C)C)C1. The maximum absolute atomic E-state index is 13.8. The van der Waals surface area contributed by atoms with E-state index in [4.69, 9.17) is 18.9 Å². The quantitative estimate of drug-likeness (QED) is 0.277. The minimum absolute atomic E-state index is 0.0168. The standard InChI is InChI=1S/C33H49N3O6/c1-6-16-35(17-15-26-11-8-7-9-12-26)33(38)42-24-27-20-29(23-34-22-27)36(25(2)3)32(37)28-13-14-30(40-5)31(21-28)41-19-10-18-39-4/h7-9,11-14,21,25,27,29,34H,6,10,15-20,22-24H2,1-5H3/t27-,29?/m0/s1. The molecule has 0 aliphatic carbocycles. The van der Waals surface area contributed by atoms with Crippen molar-refractivity contribution in [2.45, 2.75) is 58.5 Å². The molecule has 9 nitrogen and oxygen atoms in total. The van der Waals surface area contributed by atoms with Crippen LogP contribution in [-0.4, -0.2) is 94.1 Å². The molecular formula is C33H49N3O6. The highest BCUT2D eigenvalue weighted by Gasteiger charge is 2.33. The van der Waals surface area contributed by atoms with Gasteiger partial charge in [0.15, 0.2) is 11.5 Å². The number of amides is 2. The van der Waals surface area contributed by atoms with Crippen LogP contribution < -0.4 is 14.8 Å². The Hall–Kier alpha value is -3.30. The van der Waals surface area contributed by atoms with E-state index in [2.05, 4.69) is 24.4 Å². The molecule has 2 atom stereocenters. The van der Waals surface area contributed by atoms with Crippen LogP contribution in [0.3, 0.4) is 0 Å². The van der Waals surface area contributed by atoms with Crippen LogP contribution in [0, 0.1) is 5.92 Å². The van der Waals surface area contributed by atoms with Crippen LogP contribution >= 0.6 is 0 Å². The maximum Gasteiger partial charge on any atom is 0.409 e. The highest BCUT2D eigenvalue weighted by atomic mass is 16.6. The summed E-state index contributed by atoms with van der Waals surface area (Å²) in [5.74, 6) is 1.17. The van der Waals surface area contributed by atoms with Crippen LogP contribution in [0.25, 0.3) is 0 Å². The Morgan fingerprint density at radius 2 is 1.79 bits per heavy atom. The molecule has 0 saturated carbocycles. The third-order valence-electron chi connectivity index (χ3n) is 7.47. The van der Waals surface area contributed by atoms with Crippen molar-refractivity contribution in [3.05, 3.63) is 59.7 Å². The Morgan fingerprint density at radius 3 is 2.48 bits per heavy atom. The molecule has 1 unspecified atom stereocenters. The van der Waals surface area contributed by atoms with Crippen molar-refractivity contribution in [1.82, 2.24) is 15.1 Å². The molecule has 42 heavy (non-hydrogen) atoms. The van der Waals surface area contributed by atoms with Gasteiger partial charge in [-0.1, -0.05) is 37.3 Å². The van der Waals surface area contributed by atoms with Gasteiger partial charge in [0.05, 0.1) is 20.3 Å². The lowest BCUT2D eigenvalue weighted by Gasteiger charge is -2.40. The van der Waals surface area contributed by atoms with Crippen molar-refractivity contribution >= 4 is 12.0 Å². The van der Waals surface area contributed by atoms with Gasteiger partial charge >= 0.3 is 6.09 Å². The lowest BCUT2D eigenvalue weighted by atomic mass is 9.94. The van der Waals surface area contributed by atoms with Crippen molar-refractivity contribution in [2.75, 3.05) is 60.2 Å². The highest BCUT2D eigenvalue weighted by molar-refractivity contribution is 5.95. The van der Waals surface area contributed by atoms with Gasteiger partial charge in [0, 0.05) is 69.9 Å². The van der Waals surface area contributed by atoms with E-state index in [1.54, 1.807) is 37.3 Å². The Bertz CT molecular complexity index is 1100. The third-order valence-corrected chi connectivity index (χ3v) is 7.47. The third kappa shape index (κ3) is 9.91. The molecule has 2 amide bonds. The van der Waals surface area contributed by atoms with E-state index in [9.17, 15) is 9.59 Å². The van der Waals surface area contributed by atoms with E-state index >= 15 is 0 Å². The normalized spacial score (nSPS) is 16.6. The summed E-state index contributed by atoms with van der Waals surface area (Å²) in [5, 5.41) is 3.47. The molecule has 0 spiro atoms. The zero-order chi connectivity index (χ0) is 30.3. The van der Waals surface area contributed by atoms with Gasteiger partial charge in [0.25, 0.3) is 5.91 Å². The molecule has 3 rings (SSSR count). The fourth-order valence-corrected chi connectivity index (χ4v) is 5.38. The van der Waals surface area contributed by atoms with Gasteiger partial charge in [-0.2, -0.15) is 0 Å². The molecule has 2 aromatic carbocycles. The zero-order valence-corrected chi connectivity index (χ0v) is 26.0. The Kier molecular flexibility index (Phi) is 13.9. The Labute approximate surface area is 251 Å². The number of rotatable bonds is 16. The molecule has 0 aromatic heterocycles. The van der Waals surface area contributed by atoms with Crippen molar-refractivity contribution < 1.29 is 28.5 Å². The minimum atomic E-state index is -0.275. The average Bonchev–Trinajstić information content (AvgIpc) is 3.00. The van der Waals surface area contributed by atoms with Gasteiger partial charge < -0.3 is 34.1 Å². The van der Waals surface area contributed by atoms with Crippen LogP contribution in [0.4, 0.5) is 4.79 Å². The second-order valence-corrected chi connectivity index (χ2v) is 11.1. The number of hydrogen-bond acceptors (Lipinski definition) is 7. The van der Waals surface area contributed by atoms with Crippen molar-refractivity contribution in [1.29, 1.82) is 0 Å². The predicted molar refractivity (Wildman–Crippen MR) is 164 cm³/mol. The summed E-state index contributed by atoms with van der Waals surface area (Å²) in [6, 6.07) is 15.4. The number of hydrogen-bond donors (Lipinski definition) is 1. The zero-order valence-electron chi connectivity index (χ0n) is 26.0. The van der Waals surface area contributed by atoms with E-state index in [-0.39, 0.29) is 30.0 Å². The number of nitrogens with one attached hydrogen (secondary N) is 1. The second kappa shape index (κ2) is 17.6. The smallest absolute Gasteiger partial charge is 0.409 e. The highest BCUT2D eigenvalue weighted by Crippen LogP contribution is 2.30. The van der Waals surface area contributed by atoms with E-state index < -0.39 is 0 Å². The van der Waals surface area contributed by atoms with Crippen LogP contribution in [0.2, 0.25) is 0 Å². The van der Waals surface area contributed by atoms with Crippen LogP contribution in [0.15, 0.2) is 48.5 Å². The Morgan fingerprint density at radius 1 is 1.00 bits per heavy atom. The van der Waals surface area contributed by atoms with Crippen LogP contribution in [0.5, 0.6) is 11.5 Å². The first-order valence-electron chi connectivity index (χ1n) is 15.2. The molecule has 1 aliphatic rings. The van der Waals surface area contributed by atoms with Gasteiger partial charge in [0.2, 0.25) is 0 Å². The number of ether oxygens (including phenoxy) is 4. The van der Waals surface area contributed by atoms with E-state index in [1.807, 2.05) is 36.9 Å². The van der Waals surface area contributed by atoms with Gasteiger partial charge in [-0.3, -0.25) is 4.79 Å². The summed E-state index contributed by atoms with van der Waals surface area (Å²) in [7, 11) is 3.24. The number of nitrogens with zero attached hydrogens (tertiary/aromatic N) is 2. The summed E-state index contributed by atoms with van der Waals surface area (Å²) in [5.41, 5.74) is 1.75. The molecule has 0 radical (unpaired) electrons. The molecule has 0 bridgehead atoms. The van der Waals surface area contributed by atoms with Gasteiger partial charge in [0.1, 0.15) is 0 Å². The van der Waals surface area contributed by atoms with E-state index in [1.165, 1.54) is 5.56 Å². The van der Waals surface area contributed by atoms with Crippen molar-refractivity contribution in [3.8, 4) is 11.5 Å². The predicted octanol–water partition coefficient (Wildman–Crippen LogP) is 5.03. The number of piperidine rings is 1. The summed E-state index contributed by atoms with van der Waals surface area (Å²) < 4.78 is 22.3. The first-order valence-corrected chi connectivity index (χ1v) is 15.2. The largest absolute Gasteiger partial charge is 0.493 e. The summed E-state index contributed by atoms with van der Waals surface area (Å²) in [6.45, 7) is 10.2. The summed E-state index contributed by atoms with van der Waals surface area (Å²) in [6.07, 6.45) is 2.87. The molecular weight excluding hydrogens is 534 g/mol. The lowest BCUT2D eigenvalue weighted by molar-refractivity contribution is 0.0439. The summed E-state index contributed by atoms with van der Waals surface area (Å²) in [4.78, 5) is 30.6. The lowest BCUT2D eigenvalue weighted by Crippen LogP contribution is -2.54. The first-order chi connectivity index (χ1) is 20.4. The number of carbonyl (C=O) groups excluding carboxylic acids is 2. The molecule has 2 aromatic rings. The topological polar surface area (TPSA) is 89.6 Å². The van der Waals surface area contributed by atoms with Crippen LogP contribution in [0.1, 0.15) is 56.0 Å². The average molecular weight is 584 g/mol. The number of methoxy groups -OCH3 is 2. The molecule has 9 heteroatoms. The Balaban J connectivity index is 1.61. The monoisotopic (exact) mass is 583 g/mol. The second-order valence-electron chi connectivity index (χ2n) is 11.1. The molecule has 1 heterocycles. The summed E-state index contributed by atoms with van der Waals surface area (Å²) >= 11 is 0. The number of benzene rings is 2. The fourth-order valence-electron chi connectivity index (χ4n) is 5.38. The van der Waals surface area contributed by atoms with Gasteiger partial charge in [-0.25, -0.2) is 4.79 Å². The number of carbonyl (C=O) groups is 2. The maximum atomic E-state index is 13.8. The van der Waals surface area contributed by atoms with E-state index in [0.717, 1.165) is 32.2 Å². The minimum Gasteiger partial charge on any atom is -0.493 e. The molecule has 1 N–H and O–H groups in total. The van der Waals surface area contributed by atoms with Crippen molar-refractivity contribution in [3.63, 3.8) is 0 Å². The molecule has 1 saturated heterocycles. The van der Waals surface area contributed by atoms with Crippen molar-refractivity contribution in [2.24, 2.45) is 5.92 Å². The van der Waals surface area contributed by atoms with E-state index in [0.29, 0.717) is 56.5 Å². The van der Waals surface area contributed by atoms with Gasteiger partial charge in [-0.15, -0.1) is 0 Å².